The Balaban J connectivity index is 1.74. The molecular formula is C17H21N3O. The van der Waals surface area contributed by atoms with Crippen molar-refractivity contribution in [3.63, 3.8) is 0 Å². The van der Waals surface area contributed by atoms with Gasteiger partial charge in [-0.15, -0.1) is 0 Å². The molecule has 0 aliphatic heterocycles. The van der Waals surface area contributed by atoms with E-state index in [4.69, 9.17) is 0 Å². The Hall–Kier alpha value is -2.10. The van der Waals surface area contributed by atoms with E-state index in [1.807, 2.05) is 48.3 Å². The van der Waals surface area contributed by atoms with Crippen LogP contribution in [0.2, 0.25) is 0 Å². The monoisotopic (exact) mass is 283 g/mol. The molecule has 21 heavy (non-hydrogen) atoms. The first-order valence-electron chi connectivity index (χ1n) is 7.63. The summed E-state index contributed by atoms with van der Waals surface area (Å²) in [5, 5.41) is 7.15. The van der Waals surface area contributed by atoms with Crippen molar-refractivity contribution in [1.29, 1.82) is 0 Å². The summed E-state index contributed by atoms with van der Waals surface area (Å²) < 4.78 is 0. The molecule has 0 spiro atoms. The summed E-state index contributed by atoms with van der Waals surface area (Å²) in [5.41, 5.74) is 2.41. The number of carbonyl (C=O) groups is 1. The molecule has 1 aliphatic carbocycles. The Morgan fingerprint density at radius 3 is 2.62 bits per heavy atom. The molecule has 1 aromatic carbocycles. The van der Waals surface area contributed by atoms with Crippen LogP contribution in [0.15, 0.2) is 36.4 Å². The van der Waals surface area contributed by atoms with Crippen LogP contribution in [0.25, 0.3) is 11.3 Å². The molecule has 4 nitrogen and oxygen atoms in total. The molecule has 1 fully saturated rings. The molecule has 0 unspecified atom stereocenters. The average Bonchev–Trinajstić information content (AvgIpc) is 3.05. The second-order valence-electron chi connectivity index (χ2n) is 5.74. The molecule has 4 heteroatoms. The Kier molecular flexibility index (Phi) is 4.04. The van der Waals surface area contributed by atoms with Crippen molar-refractivity contribution >= 4 is 5.91 Å². The maximum Gasteiger partial charge on any atom is 0.271 e. The zero-order valence-electron chi connectivity index (χ0n) is 12.4. The Morgan fingerprint density at radius 2 is 1.90 bits per heavy atom. The van der Waals surface area contributed by atoms with E-state index in [9.17, 15) is 4.79 Å². The van der Waals surface area contributed by atoms with Crippen LogP contribution >= 0.6 is 0 Å². The third-order valence-corrected chi connectivity index (χ3v) is 4.32. The van der Waals surface area contributed by atoms with Gasteiger partial charge in [0, 0.05) is 18.7 Å². The molecule has 110 valence electrons. The van der Waals surface area contributed by atoms with Crippen molar-refractivity contribution in [3.05, 3.63) is 42.1 Å². The van der Waals surface area contributed by atoms with Crippen LogP contribution in [0.1, 0.15) is 42.6 Å². The number of H-pyrrole nitrogens is 1. The zero-order valence-corrected chi connectivity index (χ0v) is 12.4. The van der Waals surface area contributed by atoms with Gasteiger partial charge in [-0.3, -0.25) is 9.89 Å². The second kappa shape index (κ2) is 6.12. The fourth-order valence-electron chi connectivity index (χ4n) is 3.01. The Bertz CT molecular complexity index is 600. The average molecular weight is 283 g/mol. The molecule has 0 radical (unpaired) electrons. The van der Waals surface area contributed by atoms with Gasteiger partial charge in [-0.2, -0.15) is 5.10 Å². The van der Waals surface area contributed by atoms with Gasteiger partial charge in [0.15, 0.2) is 0 Å². The summed E-state index contributed by atoms with van der Waals surface area (Å²) in [6.45, 7) is 0. The predicted octanol–water partition coefficient (Wildman–Crippen LogP) is 3.48. The van der Waals surface area contributed by atoms with Crippen LogP contribution in [0, 0.1) is 0 Å². The van der Waals surface area contributed by atoms with Crippen molar-refractivity contribution < 1.29 is 4.79 Å². The quantitative estimate of drug-likeness (QED) is 0.937. The molecule has 1 saturated carbocycles. The highest BCUT2D eigenvalue weighted by molar-refractivity contribution is 5.93. The highest BCUT2D eigenvalue weighted by atomic mass is 16.2. The molecule has 1 heterocycles. The van der Waals surface area contributed by atoms with Gasteiger partial charge in [0.05, 0.1) is 5.69 Å². The molecule has 2 aromatic rings. The van der Waals surface area contributed by atoms with Crippen LogP contribution in [0.3, 0.4) is 0 Å². The van der Waals surface area contributed by atoms with E-state index < -0.39 is 0 Å². The third-order valence-electron chi connectivity index (χ3n) is 4.32. The van der Waals surface area contributed by atoms with Crippen molar-refractivity contribution in [2.24, 2.45) is 0 Å². The second-order valence-corrected chi connectivity index (χ2v) is 5.74. The maximum atomic E-state index is 12.5. The first-order chi connectivity index (χ1) is 10.3. The fraction of sp³-hybridized carbons (Fsp3) is 0.412. The van der Waals surface area contributed by atoms with Gasteiger partial charge in [-0.25, -0.2) is 0 Å². The van der Waals surface area contributed by atoms with Crippen molar-refractivity contribution in [1.82, 2.24) is 15.1 Å². The zero-order chi connectivity index (χ0) is 14.7. The lowest BCUT2D eigenvalue weighted by Crippen LogP contribution is -2.38. The van der Waals surface area contributed by atoms with E-state index in [0.717, 1.165) is 24.1 Å². The van der Waals surface area contributed by atoms with Gasteiger partial charge in [0.25, 0.3) is 5.91 Å². The van der Waals surface area contributed by atoms with Gasteiger partial charge in [0.2, 0.25) is 0 Å². The SMILES string of the molecule is CN(C(=O)c1cc(-c2ccccc2)n[nH]1)C1CCCCC1. The first-order valence-corrected chi connectivity index (χ1v) is 7.63. The van der Waals surface area contributed by atoms with Gasteiger partial charge in [0.1, 0.15) is 5.69 Å². The molecule has 1 N–H and O–H groups in total. The number of hydrogen-bond acceptors (Lipinski definition) is 2. The summed E-state index contributed by atoms with van der Waals surface area (Å²) in [6.07, 6.45) is 5.96. The molecule has 1 amide bonds. The molecule has 0 saturated heterocycles. The molecule has 1 aromatic heterocycles. The summed E-state index contributed by atoms with van der Waals surface area (Å²) >= 11 is 0. The minimum absolute atomic E-state index is 0.0385. The maximum absolute atomic E-state index is 12.5. The molecule has 3 rings (SSSR count). The van der Waals surface area contributed by atoms with Crippen LogP contribution < -0.4 is 0 Å². The van der Waals surface area contributed by atoms with Crippen LogP contribution in [0.5, 0.6) is 0 Å². The van der Waals surface area contributed by atoms with E-state index in [2.05, 4.69) is 10.2 Å². The molecular weight excluding hydrogens is 262 g/mol. The molecule has 0 atom stereocenters. The third kappa shape index (κ3) is 2.99. The van der Waals surface area contributed by atoms with Crippen LogP contribution in [0.4, 0.5) is 0 Å². The number of amides is 1. The molecule has 0 bridgehead atoms. The summed E-state index contributed by atoms with van der Waals surface area (Å²) in [7, 11) is 1.90. The number of aromatic amines is 1. The summed E-state index contributed by atoms with van der Waals surface area (Å²) in [4.78, 5) is 14.4. The van der Waals surface area contributed by atoms with E-state index in [0.29, 0.717) is 11.7 Å². The number of carbonyl (C=O) groups excluding carboxylic acids is 1. The minimum Gasteiger partial charge on any atom is -0.337 e. The van der Waals surface area contributed by atoms with Crippen LogP contribution in [-0.4, -0.2) is 34.1 Å². The highest BCUT2D eigenvalue weighted by Gasteiger charge is 2.24. The molecule has 1 aliphatic rings. The predicted molar refractivity (Wildman–Crippen MR) is 83.0 cm³/mol. The van der Waals surface area contributed by atoms with Crippen LogP contribution in [-0.2, 0) is 0 Å². The van der Waals surface area contributed by atoms with E-state index in [1.54, 1.807) is 0 Å². The van der Waals surface area contributed by atoms with Crippen molar-refractivity contribution in [3.8, 4) is 11.3 Å². The number of nitrogens with one attached hydrogen (secondary N) is 1. The fourth-order valence-corrected chi connectivity index (χ4v) is 3.01. The topological polar surface area (TPSA) is 49.0 Å². The van der Waals surface area contributed by atoms with E-state index in [1.165, 1.54) is 19.3 Å². The standard InChI is InChI=1S/C17H21N3O/c1-20(14-10-6-3-7-11-14)17(21)16-12-15(18-19-16)13-8-4-2-5-9-13/h2,4-5,8-9,12,14H,3,6-7,10-11H2,1H3,(H,18,19). The Morgan fingerprint density at radius 1 is 1.19 bits per heavy atom. The van der Waals surface area contributed by atoms with Gasteiger partial charge in [-0.05, 0) is 18.9 Å². The number of nitrogens with zero attached hydrogens (tertiary/aromatic N) is 2. The number of aromatic nitrogens is 2. The summed E-state index contributed by atoms with van der Waals surface area (Å²) in [6, 6.07) is 12.1. The lowest BCUT2D eigenvalue weighted by molar-refractivity contribution is 0.0690. The smallest absolute Gasteiger partial charge is 0.271 e. The van der Waals surface area contributed by atoms with E-state index in [-0.39, 0.29) is 5.91 Å². The minimum atomic E-state index is 0.0385. The Labute approximate surface area is 125 Å². The normalized spacial score (nSPS) is 15.9. The van der Waals surface area contributed by atoms with E-state index >= 15 is 0 Å². The highest BCUT2D eigenvalue weighted by Crippen LogP contribution is 2.23. The van der Waals surface area contributed by atoms with Gasteiger partial charge in [-0.1, -0.05) is 49.6 Å². The summed E-state index contributed by atoms with van der Waals surface area (Å²) in [5.74, 6) is 0.0385. The van der Waals surface area contributed by atoms with Gasteiger partial charge < -0.3 is 4.90 Å². The number of benzene rings is 1. The lowest BCUT2D eigenvalue weighted by Gasteiger charge is -2.30. The van der Waals surface area contributed by atoms with Gasteiger partial charge >= 0.3 is 0 Å². The van der Waals surface area contributed by atoms with Crippen molar-refractivity contribution in [2.75, 3.05) is 7.05 Å². The largest absolute Gasteiger partial charge is 0.337 e. The lowest BCUT2D eigenvalue weighted by atomic mass is 9.94. The van der Waals surface area contributed by atoms with Crippen molar-refractivity contribution in [2.45, 2.75) is 38.1 Å². The number of rotatable bonds is 3. The first kappa shape index (κ1) is 13.9. The number of hydrogen-bond donors (Lipinski definition) is 1.